The molecule has 2 rings (SSSR count). The number of hydrogen-bond donors (Lipinski definition) is 1. The molecule has 0 aromatic heterocycles. The van der Waals surface area contributed by atoms with Gasteiger partial charge in [-0.3, -0.25) is 0 Å². The first kappa shape index (κ1) is 19.1. The van der Waals surface area contributed by atoms with Crippen LogP contribution < -0.4 is 36.0 Å². The minimum atomic E-state index is -0.140. The van der Waals surface area contributed by atoms with Gasteiger partial charge in [-0.1, -0.05) is 0 Å². The molecular weight excluding hydrogens is 419 g/mol. The van der Waals surface area contributed by atoms with E-state index in [2.05, 4.69) is 21.7 Å². The summed E-state index contributed by atoms with van der Waals surface area (Å²) in [6, 6.07) is 4.27. The van der Waals surface area contributed by atoms with Crippen molar-refractivity contribution in [2.75, 3.05) is 38.8 Å². The van der Waals surface area contributed by atoms with Crippen molar-refractivity contribution in [1.29, 1.82) is 0 Å². The zero-order valence-electron chi connectivity index (χ0n) is 14.6. The van der Waals surface area contributed by atoms with Gasteiger partial charge in [-0.2, -0.15) is 0 Å². The van der Waals surface area contributed by atoms with Crippen LogP contribution in [0.3, 0.4) is 0 Å². The molecule has 134 valence electrons. The number of rotatable bonds is 8. The van der Waals surface area contributed by atoms with E-state index in [1.807, 2.05) is 18.2 Å². The number of benzene rings is 1. The van der Waals surface area contributed by atoms with E-state index in [1.165, 1.54) is 6.42 Å². The molecule has 1 amide bonds. The fraction of sp³-hybridized carbons (Fsp3) is 0.500. The first-order valence-corrected chi connectivity index (χ1v) is 11.3. The number of alkyl halides is 1. The van der Waals surface area contributed by atoms with Gasteiger partial charge >= 0.3 is 155 Å². The van der Waals surface area contributed by atoms with Crippen LogP contribution in [-0.2, 0) is 0 Å². The molecule has 1 heterocycles. The van der Waals surface area contributed by atoms with Gasteiger partial charge in [-0.25, -0.2) is 0 Å². The molecule has 1 fully saturated rings. The summed E-state index contributed by atoms with van der Waals surface area (Å²) in [7, 11) is 3.17. The quantitative estimate of drug-likeness (QED) is 0.316. The second-order valence-electron chi connectivity index (χ2n) is 5.67. The Bertz CT molecular complexity index is 592. The number of nitrogens with zero attached hydrogens (tertiary/aromatic N) is 1. The molecule has 1 aliphatic heterocycles. The number of likely N-dealkylation sites (tertiary alicyclic amines) is 1. The molecule has 0 radical (unpaired) electrons. The molecule has 6 heteroatoms. The first-order valence-electron chi connectivity index (χ1n) is 8.03. The molecule has 24 heavy (non-hydrogen) atoms. The SMILES string of the molecule is C=CCN1CCC[C@H]1CNC(=O)c1cc([I-]C)cc(OC)c1OC. The number of hydrogen-bond acceptors (Lipinski definition) is 4. The predicted molar refractivity (Wildman–Crippen MR) is 91.3 cm³/mol. The van der Waals surface area contributed by atoms with E-state index in [9.17, 15) is 4.79 Å². The minimum absolute atomic E-state index is 0.102. The summed E-state index contributed by atoms with van der Waals surface area (Å²) in [4.78, 5) is 17.2. The van der Waals surface area contributed by atoms with Crippen molar-refractivity contribution in [2.24, 2.45) is 0 Å². The summed E-state index contributed by atoms with van der Waals surface area (Å²) in [5.74, 6) is 1.02. The van der Waals surface area contributed by atoms with Crippen molar-refractivity contribution >= 4 is 5.91 Å². The molecule has 0 unspecified atom stereocenters. The molecule has 0 aliphatic carbocycles. The van der Waals surface area contributed by atoms with Gasteiger partial charge in [0.2, 0.25) is 0 Å². The summed E-state index contributed by atoms with van der Waals surface area (Å²) in [6.45, 7) is 6.39. The van der Waals surface area contributed by atoms with E-state index in [-0.39, 0.29) is 27.1 Å². The van der Waals surface area contributed by atoms with E-state index < -0.39 is 0 Å². The molecule has 1 aliphatic rings. The van der Waals surface area contributed by atoms with Crippen molar-refractivity contribution in [2.45, 2.75) is 18.9 Å². The zero-order valence-corrected chi connectivity index (χ0v) is 16.8. The molecule has 0 spiro atoms. The number of amides is 1. The third kappa shape index (κ3) is 4.42. The Labute approximate surface area is 154 Å². The Hall–Kier alpha value is -1.28. The molecule has 5 nitrogen and oxygen atoms in total. The molecule has 1 atom stereocenters. The molecule has 1 aromatic carbocycles. The van der Waals surface area contributed by atoms with Crippen LogP contribution in [0.25, 0.3) is 0 Å². The molecule has 0 bridgehead atoms. The predicted octanol–water partition coefficient (Wildman–Crippen LogP) is -1.03. The van der Waals surface area contributed by atoms with Crippen molar-refractivity contribution in [3.05, 3.63) is 33.9 Å². The van der Waals surface area contributed by atoms with Crippen LogP contribution in [0.1, 0.15) is 23.2 Å². The average molecular weight is 445 g/mol. The van der Waals surface area contributed by atoms with Crippen molar-refractivity contribution in [3.8, 4) is 11.5 Å². The second kappa shape index (κ2) is 9.27. The number of carbonyl (C=O) groups excluding carboxylic acids is 1. The van der Waals surface area contributed by atoms with Crippen LogP contribution in [-0.4, -0.2) is 55.6 Å². The van der Waals surface area contributed by atoms with Crippen LogP contribution in [0.2, 0.25) is 0 Å². The van der Waals surface area contributed by atoms with Crippen molar-refractivity contribution < 1.29 is 35.5 Å². The molecule has 1 saturated heterocycles. The fourth-order valence-corrected chi connectivity index (χ4v) is 4.26. The van der Waals surface area contributed by atoms with Crippen molar-refractivity contribution in [1.82, 2.24) is 10.2 Å². The number of ether oxygens (including phenoxy) is 2. The van der Waals surface area contributed by atoms with Crippen LogP contribution >= 0.6 is 0 Å². The first-order chi connectivity index (χ1) is 11.6. The molecule has 1 aromatic rings. The third-order valence-electron chi connectivity index (χ3n) is 4.27. The fourth-order valence-electron chi connectivity index (χ4n) is 3.05. The Balaban J connectivity index is 2.12. The van der Waals surface area contributed by atoms with E-state index in [1.54, 1.807) is 14.2 Å². The maximum absolute atomic E-state index is 12.7. The molecular formula is C18H26IN2O3-. The van der Waals surface area contributed by atoms with Crippen LogP contribution in [0.15, 0.2) is 24.8 Å². The van der Waals surface area contributed by atoms with E-state index in [0.29, 0.717) is 29.6 Å². The van der Waals surface area contributed by atoms with Crippen LogP contribution in [0.4, 0.5) is 0 Å². The van der Waals surface area contributed by atoms with E-state index >= 15 is 0 Å². The monoisotopic (exact) mass is 445 g/mol. The van der Waals surface area contributed by atoms with Crippen LogP contribution in [0, 0.1) is 3.57 Å². The Morgan fingerprint density at radius 2 is 2.25 bits per heavy atom. The van der Waals surface area contributed by atoms with Crippen LogP contribution in [0.5, 0.6) is 11.5 Å². The normalized spacial score (nSPS) is 17.7. The summed E-state index contributed by atoms with van der Waals surface area (Å²) in [5.41, 5.74) is 0.557. The van der Waals surface area contributed by atoms with Gasteiger partial charge in [0.25, 0.3) is 0 Å². The number of methoxy groups -OCH3 is 2. The van der Waals surface area contributed by atoms with E-state index in [0.717, 1.165) is 23.1 Å². The van der Waals surface area contributed by atoms with Gasteiger partial charge in [-0.15, -0.1) is 0 Å². The van der Waals surface area contributed by atoms with Gasteiger partial charge in [0.1, 0.15) is 0 Å². The molecule has 1 N–H and O–H groups in total. The van der Waals surface area contributed by atoms with Gasteiger partial charge in [-0.05, 0) is 0 Å². The maximum atomic E-state index is 12.7. The van der Waals surface area contributed by atoms with Gasteiger partial charge in [0.15, 0.2) is 0 Å². The molecule has 0 saturated carbocycles. The number of halogens is 1. The Morgan fingerprint density at radius 1 is 1.46 bits per heavy atom. The average Bonchev–Trinajstić information content (AvgIpc) is 3.05. The topological polar surface area (TPSA) is 50.8 Å². The second-order valence-corrected chi connectivity index (χ2v) is 7.99. The summed E-state index contributed by atoms with van der Waals surface area (Å²) < 4.78 is 12.0. The summed E-state index contributed by atoms with van der Waals surface area (Å²) in [5, 5.41) is 3.07. The van der Waals surface area contributed by atoms with Gasteiger partial charge in [0, 0.05) is 0 Å². The summed E-state index contributed by atoms with van der Waals surface area (Å²) in [6.07, 6.45) is 4.19. The van der Waals surface area contributed by atoms with E-state index in [4.69, 9.17) is 9.47 Å². The summed E-state index contributed by atoms with van der Waals surface area (Å²) >= 11 is -0.140. The Kier molecular flexibility index (Phi) is 7.36. The number of nitrogens with one attached hydrogen (secondary N) is 1. The van der Waals surface area contributed by atoms with Crippen molar-refractivity contribution in [3.63, 3.8) is 0 Å². The Morgan fingerprint density at radius 3 is 2.88 bits per heavy atom. The third-order valence-corrected chi connectivity index (χ3v) is 6.14. The zero-order chi connectivity index (χ0) is 17.5. The standard InChI is InChI=1S/C18H26IN2O3/c1-5-8-21-9-6-7-14(21)12-20-18(22)15-10-13(19-2)11-16(23-3)17(15)24-4/h5,10-11,14H,1,6-9,12H2,2-4H3,(H,20,22)/q-1/t14-/m0/s1. The van der Waals surface area contributed by atoms with Gasteiger partial charge < -0.3 is 0 Å². The van der Waals surface area contributed by atoms with Gasteiger partial charge in [0.05, 0.1) is 0 Å². The number of carbonyl (C=O) groups is 1.